The van der Waals surface area contributed by atoms with Crippen molar-refractivity contribution in [1.82, 2.24) is 0 Å². The summed E-state index contributed by atoms with van der Waals surface area (Å²) in [6.07, 6.45) is 0. The molecule has 3 aromatic rings. The van der Waals surface area contributed by atoms with Crippen LogP contribution in [-0.2, 0) is 4.84 Å². The largest absolute Gasteiger partial charge is 0.496 e. The summed E-state index contributed by atoms with van der Waals surface area (Å²) in [7, 11) is 1.48. The van der Waals surface area contributed by atoms with E-state index in [4.69, 9.17) is 21.2 Å². The molecule has 0 aromatic heterocycles. The number of ether oxygens (including phenoxy) is 1. The van der Waals surface area contributed by atoms with Crippen molar-refractivity contribution in [1.29, 1.82) is 0 Å². The Morgan fingerprint density at radius 1 is 0.968 bits per heavy atom. The van der Waals surface area contributed by atoms with E-state index in [-0.39, 0.29) is 22.1 Å². The van der Waals surface area contributed by atoms with Crippen LogP contribution >= 0.6 is 11.6 Å². The van der Waals surface area contributed by atoms with Crippen molar-refractivity contribution in [2.45, 2.75) is 26.4 Å². The van der Waals surface area contributed by atoms with E-state index in [0.29, 0.717) is 17.0 Å². The van der Waals surface area contributed by atoms with Crippen LogP contribution in [0.2, 0.25) is 5.02 Å². The molecule has 0 aliphatic carbocycles. The summed E-state index contributed by atoms with van der Waals surface area (Å²) in [4.78, 5) is 18.9. The smallest absolute Gasteiger partial charge is 0.198 e. The molecule has 7 heteroatoms. The van der Waals surface area contributed by atoms with E-state index < -0.39 is 17.2 Å². The highest BCUT2D eigenvalue weighted by Gasteiger charge is 2.24. The second-order valence-electron chi connectivity index (χ2n) is 7.79. The van der Waals surface area contributed by atoms with Crippen molar-refractivity contribution >= 4 is 28.8 Å². The number of benzene rings is 3. The Balaban J connectivity index is 2.04. The minimum atomic E-state index is -0.797. The topological polar surface area (TPSA) is 38.8 Å². The molecule has 0 spiro atoms. The molecule has 162 valence electrons. The van der Waals surface area contributed by atoms with Gasteiger partial charge in [0.15, 0.2) is 11.6 Å². The molecule has 0 atom stereocenters. The average Bonchev–Trinajstić information content (AvgIpc) is 2.71. The first kappa shape index (κ1) is 22.7. The van der Waals surface area contributed by atoms with E-state index in [9.17, 15) is 13.6 Å². The maximum absolute atomic E-state index is 14.5. The van der Waals surface area contributed by atoms with Crippen molar-refractivity contribution in [3.63, 3.8) is 0 Å². The summed E-state index contributed by atoms with van der Waals surface area (Å²) in [5, 5.41) is 1.39. The van der Waals surface area contributed by atoms with Gasteiger partial charge in [0.1, 0.15) is 17.3 Å². The Labute approximate surface area is 184 Å². The Kier molecular flexibility index (Phi) is 6.62. The van der Waals surface area contributed by atoms with Gasteiger partial charge in [-0.05, 0) is 63.2 Å². The molecule has 0 N–H and O–H groups in total. The van der Waals surface area contributed by atoms with E-state index in [1.165, 1.54) is 30.4 Å². The monoisotopic (exact) mass is 445 g/mol. The lowest BCUT2D eigenvalue weighted by Crippen LogP contribution is -2.31. The zero-order valence-electron chi connectivity index (χ0n) is 17.6. The summed E-state index contributed by atoms with van der Waals surface area (Å²) < 4.78 is 33.2. The second kappa shape index (κ2) is 9.04. The number of nitrogens with zero attached hydrogens (tertiary/aromatic N) is 1. The van der Waals surface area contributed by atoms with Crippen LogP contribution in [0.25, 0.3) is 0 Å². The summed E-state index contributed by atoms with van der Waals surface area (Å²) in [6.45, 7) is 5.38. The lowest BCUT2D eigenvalue weighted by Gasteiger charge is -2.31. The third kappa shape index (κ3) is 5.21. The van der Waals surface area contributed by atoms with Gasteiger partial charge in [0.25, 0.3) is 0 Å². The molecule has 0 saturated carbocycles. The Morgan fingerprint density at radius 3 is 2.29 bits per heavy atom. The van der Waals surface area contributed by atoms with Crippen molar-refractivity contribution < 1.29 is 23.1 Å². The Hall–Kier alpha value is -2.96. The minimum Gasteiger partial charge on any atom is -0.496 e. The standard InChI is InChI=1S/C24H22ClF2NO3/c1-24(2,3)31-28(21-12-9-15(26)13-20(21)27)16-10-11-17(19(25)14-16)23(29)18-7-5-6-8-22(18)30-4/h5-14H,1-4H3. The van der Waals surface area contributed by atoms with Crippen LogP contribution in [0.15, 0.2) is 60.7 Å². The molecule has 0 aliphatic heterocycles. The number of hydrogen-bond donors (Lipinski definition) is 0. The minimum absolute atomic E-state index is 0.0104. The van der Waals surface area contributed by atoms with E-state index in [0.717, 1.165) is 12.1 Å². The molecular weight excluding hydrogens is 424 g/mol. The predicted molar refractivity (Wildman–Crippen MR) is 117 cm³/mol. The van der Waals surface area contributed by atoms with Crippen LogP contribution in [0.1, 0.15) is 36.7 Å². The van der Waals surface area contributed by atoms with Gasteiger partial charge in [-0.25, -0.2) is 13.8 Å². The summed E-state index contributed by atoms with van der Waals surface area (Å²) in [5.41, 5.74) is 0.314. The number of anilines is 2. The molecule has 0 fully saturated rings. The van der Waals surface area contributed by atoms with Gasteiger partial charge in [-0.15, -0.1) is 0 Å². The number of rotatable bonds is 6. The van der Waals surface area contributed by atoms with Crippen molar-refractivity contribution in [3.8, 4) is 5.75 Å². The maximum atomic E-state index is 14.5. The zero-order valence-corrected chi connectivity index (χ0v) is 18.3. The van der Waals surface area contributed by atoms with Crippen LogP contribution in [0, 0.1) is 11.6 Å². The maximum Gasteiger partial charge on any atom is 0.198 e. The number of halogens is 3. The number of hydrogen-bond acceptors (Lipinski definition) is 4. The molecule has 4 nitrogen and oxygen atoms in total. The molecule has 0 bridgehead atoms. The number of methoxy groups -OCH3 is 1. The van der Waals surface area contributed by atoms with Gasteiger partial charge >= 0.3 is 0 Å². The van der Waals surface area contributed by atoms with Crippen LogP contribution in [0.4, 0.5) is 20.2 Å². The number of carbonyl (C=O) groups excluding carboxylic acids is 1. The fraction of sp³-hybridized carbons (Fsp3) is 0.208. The number of carbonyl (C=O) groups is 1. The van der Waals surface area contributed by atoms with Crippen LogP contribution < -0.4 is 9.80 Å². The lowest BCUT2D eigenvalue weighted by atomic mass is 10.0. The Bertz CT molecular complexity index is 1110. The van der Waals surface area contributed by atoms with Crippen molar-refractivity contribution in [2.75, 3.05) is 12.2 Å². The van der Waals surface area contributed by atoms with E-state index in [2.05, 4.69) is 0 Å². The normalized spacial score (nSPS) is 11.3. The Morgan fingerprint density at radius 2 is 1.68 bits per heavy atom. The highest BCUT2D eigenvalue weighted by atomic mass is 35.5. The molecule has 0 unspecified atom stereocenters. The third-order valence-corrected chi connectivity index (χ3v) is 4.59. The van der Waals surface area contributed by atoms with Crippen molar-refractivity contribution in [3.05, 3.63) is 88.4 Å². The number of ketones is 1. The molecule has 0 saturated heterocycles. The molecule has 31 heavy (non-hydrogen) atoms. The van der Waals surface area contributed by atoms with Crippen LogP contribution in [0.5, 0.6) is 5.75 Å². The summed E-state index contributed by atoms with van der Waals surface area (Å²) in [6, 6.07) is 14.6. The van der Waals surface area contributed by atoms with Crippen molar-refractivity contribution in [2.24, 2.45) is 0 Å². The predicted octanol–water partition coefficient (Wildman–Crippen LogP) is 6.73. The van der Waals surface area contributed by atoms with Gasteiger partial charge in [0, 0.05) is 11.6 Å². The molecular formula is C24H22ClF2NO3. The molecule has 0 radical (unpaired) electrons. The second-order valence-corrected chi connectivity index (χ2v) is 8.19. The molecule has 0 amide bonds. The molecule has 0 heterocycles. The van der Waals surface area contributed by atoms with Crippen LogP contribution in [-0.4, -0.2) is 18.5 Å². The van der Waals surface area contributed by atoms with Gasteiger partial charge in [-0.2, -0.15) is 0 Å². The van der Waals surface area contributed by atoms with Crippen LogP contribution in [0.3, 0.4) is 0 Å². The van der Waals surface area contributed by atoms with Gasteiger partial charge in [0.05, 0.1) is 29.0 Å². The van der Waals surface area contributed by atoms with Gasteiger partial charge in [-0.1, -0.05) is 23.7 Å². The van der Waals surface area contributed by atoms with E-state index in [1.54, 1.807) is 51.1 Å². The molecule has 3 rings (SSSR count). The first-order valence-corrected chi connectivity index (χ1v) is 9.90. The SMILES string of the molecule is COc1ccccc1C(=O)c1ccc(N(OC(C)(C)C)c2ccc(F)cc2F)cc1Cl. The number of para-hydroxylation sites is 1. The first-order valence-electron chi connectivity index (χ1n) is 9.52. The highest BCUT2D eigenvalue weighted by molar-refractivity contribution is 6.35. The third-order valence-electron chi connectivity index (χ3n) is 4.28. The van der Waals surface area contributed by atoms with E-state index >= 15 is 0 Å². The highest BCUT2D eigenvalue weighted by Crippen LogP contribution is 2.35. The van der Waals surface area contributed by atoms with Gasteiger partial charge in [0.2, 0.25) is 0 Å². The lowest BCUT2D eigenvalue weighted by molar-refractivity contribution is -0.00397. The van der Waals surface area contributed by atoms with E-state index in [1.807, 2.05) is 0 Å². The summed E-state index contributed by atoms with van der Waals surface area (Å²) >= 11 is 6.44. The van der Waals surface area contributed by atoms with Gasteiger partial charge < -0.3 is 4.74 Å². The first-order chi connectivity index (χ1) is 14.6. The average molecular weight is 446 g/mol. The summed E-state index contributed by atoms with van der Waals surface area (Å²) in [5.74, 6) is -1.38. The molecule has 0 aliphatic rings. The molecule has 3 aromatic carbocycles. The fourth-order valence-corrected chi connectivity index (χ4v) is 3.21. The fourth-order valence-electron chi connectivity index (χ4n) is 2.95. The zero-order chi connectivity index (χ0) is 22.8. The van der Waals surface area contributed by atoms with Gasteiger partial charge in [-0.3, -0.25) is 9.63 Å². The quantitative estimate of drug-likeness (QED) is 0.311.